The lowest BCUT2D eigenvalue weighted by Crippen LogP contribution is -2.59. The second kappa shape index (κ2) is 8.84. The first-order valence-corrected chi connectivity index (χ1v) is 9.04. The molecule has 1 unspecified atom stereocenters. The summed E-state index contributed by atoms with van der Waals surface area (Å²) in [7, 11) is 0. The van der Waals surface area contributed by atoms with Gasteiger partial charge in [-0.25, -0.2) is 4.85 Å². The van der Waals surface area contributed by atoms with Crippen LogP contribution in [-0.4, -0.2) is 36.1 Å². The third-order valence-electron chi connectivity index (χ3n) is 5.31. The molecule has 0 heterocycles. The fourth-order valence-corrected chi connectivity index (χ4v) is 3.67. The molecule has 0 fully saturated rings. The number of carbonyl (C=O) groups excluding carboxylic acids is 1. The third-order valence-corrected chi connectivity index (χ3v) is 5.31. The number of hydrogen-bond acceptors (Lipinski definition) is 1. The maximum absolute atomic E-state index is 13.1. The van der Waals surface area contributed by atoms with Crippen molar-refractivity contribution in [1.82, 2.24) is 0 Å². The van der Waals surface area contributed by atoms with Crippen LogP contribution in [0.25, 0.3) is 4.85 Å². The first-order valence-electron chi connectivity index (χ1n) is 9.04. The number of rotatable bonds is 8. The van der Waals surface area contributed by atoms with Gasteiger partial charge >= 0.3 is 0 Å². The van der Waals surface area contributed by atoms with Crippen LogP contribution in [0.15, 0.2) is 12.1 Å². The monoisotopic (exact) mass is 330 g/mol. The van der Waals surface area contributed by atoms with E-state index in [1.807, 2.05) is 26.0 Å². The minimum absolute atomic E-state index is 0.0330. The molecule has 1 atom stereocenters. The van der Waals surface area contributed by atoms with Gasteiger partial charge in [0.2, 0.25) is 0 Å². The van der Waals surface area contributed by atoms with Gasteiger partial charge in [-0.3, -0.25) is 4.79 Å². The quantitative estimate of drug-likeness (QED) is 0.537. The Balaban J connectivity index is 3.17. The first-order chi connectivity index (χ1) is 11.4. The molecule has 0 spiro atoms. The van der Waals surface area contributed by atoms with Crippen LogP contribution in [0.1, 0.15) is 51.7 Å². The molecule has 132 valence electrons. The predicted octanol–water partition coefficient (Wildman–Crippen LogP) is 4.84. The zero-order chi connectivity index (χ0) is 18.3. The van der Waals surface area contributed by atoms with Crippen molar-refractivity contribution < 1.29 is 9.28 Å². The fourth-order valence-electron chi connectivity index (χ4n) is 3.67. The number of hydrogen-bond donors (Lipinski definition) is 1. The van der Waals surface area contributed by atoms with Gasteiger partial charge in [0.15, 0.2) is 11.7 Å². The molecular formula is C20H32N3O+. The minimum atomic E-state index is -0.0330. The lowest BCUT2D eigenvalue weighted by molar-refractivity contribution is -0.938. The predicted molar refractivity (Wildman–Crippen MR) is 101 cm³/mol. The zero-order valence-corrected chi connectivity index (χ0v) is 16.1. The molecule has 1 aromatic carbocycles. The van der Waals surface area contributed by atoms with E-state index in [9.17, 15) is 4.79 Å². The van der Waals surface area contributed by atoms with Crippen LogP contribution in [-0.2, 0) is 4.79 Å². The second-order valence-corrected chi connectivity index (χ2v) is 6.53. The van der Waals surface area contributed by atoms with E-state index in [2.05, 4.69) is 37.9 Å². The Morgan fingerprint density at radius 1 is 1.12 bits per heavy atom. The van der Waals surface area contributed by atoms with Crippen molar-refractivity contribution in [2.45, 2.75) is 60.4 Å². The Hall–Kier alpha value is -1.86. The molecular weight excluding hydrogens is 298 g/mol. The van der Waals surface area contributed by atoms with E-state index in [1.54, 1.807) is 0 Å². The summed E-state index contributed by atoms with van der Waals surface area (Å²) in [4.78, 5) is 16.6. The molecule has 4 nitrogen and oxygen atoms in total. The van der Waals surface area contributed by atoms with E-state index < -0.39 is 0 Å². The fraction of sp³-hybridized carbons (Fsp3) is 0.600. The van der Waals surface area contributed by atoms with Crippen LogP contribution in [0.4, 0.5) is 11.4 Å². The van der Waals surface area contributed by atoms with Gasteiger partial charge in [-0.1, -0.05) is 19.1 Å². The van der Waals surface area contributed by atoms with Gasteiger partial charge in [-0.15, -0.1) is 0 Å². The molecule has 1 rings (SSSR count). The van der Waals surface area contributed by atoms with Crippen LogP contribution in [0.2, 0.25) is 0 Å². The minimum Gasteiger partial charge on any atom is -0.321 e. The highest BCUT2D eigenvalue weighted by atomic mass is 16.2. The van der Waals surface area contributed by atoms with Crippen molar-refractivity contribution >= 4 is 17.3 Å². The normalized spacial score (nSPS) is 12.5. The molecule has 4 heteroatoms. The number of nitrogens with one attached hydrogen (secondary N) is 1. The molecule has 0 saturated heterocycles. The van der Waals surface area contributed by atoms with Gasteiger partial charge in [-0.2, -0.15) is 0 Å². The lowest BCUT2D eigenvalue weighted by Gasteiger charge is -2.42. The highest BCUT2D eigenvalue weighted by molar-refractivity contribution is 5.95. The van der Waals surface area contributed by atoms with Gasteiger partial charge in [0, 0.05) is 12.1 Å². The summed E-state index contributed by atoms with van der Waals surface area (Å²) in [5, 5.41) is 3.17. The molecule has 1 N–H and O–H groups in total. The average Bonchev–Trinajstić information content (AvgIpc) is 2.58. The number of aryl methyl sites for hydroxylation is 2. The number of likely N-dealkylation sites (N-methyl/N-ethyl adjacent to an activating group) is 1. The second-order valence-electron chi connectivity index (χ2n) is 6.53. The Morgan fingerprint density at radius 3 is 2.00 bits per heavy atom. The van der Waals surface area contributed by atoms with E-state index in [1.165, 1.54) is 0 Å². The third kappa shape index (κ3) is 4.15. The van der Waals surface area contributed by atoms with Crippen LogP contribution >= 0.6 is 0 Å². The van der Waals surface area contributed by atoms with E-state index >= 15 is 0 Å². The maximum atomic E-state index is 13.1. The summed E-state index contributed by atoms with van der Waals surface area (Å²) in [5.74, 6) is 0.101. The molecule has 0 aliphatic carbocycles. The summed E-state index contributed by atoms with van der Waals surface area (Å²) < 4.78 is 0.817. The van der Waals surface area contributed by atoms with Crippen molar-refractivity contribution in [3.63, 3.8) is 0 Å². The molecule has 1 amide bonds. The van der Waals surface area contributed by atoms with E-state index in [4.69, 9.17) is 6.57 Å². The summed E-state index contributed by atoms with van der Waals surface area (Å²) in [6.07, 6.45) is 1.88. The molecule has 0 aliphatic rings. The lowest BCUT2D eigenvalue weighted by atomic mass is 10.0. The van der Waals surface area contributed by atoms with Gasteiger partial charge in [0.05, 0.1) is 26.2 Å². The van der Waals surface area contributed by atoms with Crippen molar-refractivity contribution in [2.24, 2.45) is 0 Å². The molecule has 0 saturated carbocycles. The number of nitrogens with zero attached hydrogens (tertiary/aromatic N) is 2. The topological polar surface area (TPSA) is 33.5 Å². The summed E-state index contributed by atoms with van der Waals surface area (Å²) in [6, 6.07) is 3.65. The number of quaternary nitrogens is 1. The van der Waals surface area contributed by atoms with Crippen molar-refractivity contribution in [2.75, 3.05) is 25.0 Å². The molecule has 0 aromatic heterocycles. The number of anilines is 1. The first kappa shape index (κ1) is 20.2. The van der Waals surface area contributed by atoms with Gasteiger partial charge < -0.3 is 9.80 Å². The molecule has 0 radical (unpaired) electrons. The zero-order valence-electron chi connectivity index (χ0n) is 16.1. The number of benzene rings is 1. The number of amides is 1. The summed E-state index contributed by atoms with van der Waals surface area (Å²) >= 11 is 0. The van der Waals surface area contributed by atoms with Crippen molar-refractivity contribution in [1.29, 1.82) is 0 Å². The van der Waals surface area contributed by atoms with Gasteiger partial charge in [-0.05, 0) is 52.2 Å². The summed E-state index contributed by atoms with van der Waals surface area (Å²) in [5.41, 5.74) is 3.38. The molecule has 0 bridgehead atoms. The molecule has 1 aromatic rings. The van der Waals surface area contributed by atoms with Gasteiger partial charge in [0.25, 0.3) is 5.91 Å². The van der Waals surface area contributed by atoms with E-state index in [-0.39, 0.29) is 11.9 Å². The van der Waals surface area contributed by atoms with Crippen LogP contribution in [0.5, 0.6) is 0 Å². The van der Waals surface area contributed by atoms with E-state index in [0.717, 1.165) is 53.8 Å². The maximum Gasteiger partial charge on any atom is 0.282 e. The van der Waals surface area contributed by atoms with E-state index in [0.29, 0.717) is 5.69 Å². The van der Waals surface area contributed by atoms with Crippen molar-refractivity contribution in [3.8, 4) is 0 Å². The Bertz CT molecular complexity index is 581. The highest BCUT2D eigenvalue weighted by Crippen LogP contribution is 2.28. The molecule has 24 heavy (non-hydrogen) atoms. The average molecular weight is 330 g/mol. The van der Waals surface area contributed by atoms with Crippen LogP contribution < -0.4 is 5.32 Å². The van der Waals surface area contributed by atoms with Gasteiger partial charge in [0.1, 0.15) is 0 Å². The Labute approximate surface area is 147 Å². The number of carbonyl (C=O) groups is 1. The Kier molecular flexibility index (Phi) is 7.44. The Morgan fingerprint density at radius 2 is 1.62 bits per heavy atom. The SMILES string of the molecule is [C-]#[N+]c1cc(C)c(NC(=O)C(CCC)[N+](CC)(CC)CC)c(C)c1. The van der Waals surface area contributed by atoms with Crippen LogP contribution in [0.3, 0.4) is 0 Å². The highest BCUT2D eigenvalue weighted by Gasteiger charge is 2.37. The smallest absolute Gasteiger partial charge is 0.282 e. The van der Waals surface area contributed by atoms with Crippen LogP contribution in [0, 0.1) is 20.4 Å². The summed E-state index contributed by atoms with van der Waals surface area (Å²) in [6.45, 7) is 22.6. The largest absolute Gasteiger partial charge is 0.321 e. The molecule has 0 aliphatic heterocycles. The van der Waals surface area contributed by atoms with Crippen molar-refractivity contribution in [3.05, 3.63) is 34.7 Å². The standard InChI is InChI=1S/C20H31N3O/c1-8-12-18(23(9-2,10-3)11-4)20(24)22-19-15(5)13-17(21-7)14-16(19)6/h13-14,18H,8-12H2,1-6H3/p+1.